The van der Waals surface area contributed by atoms with Crippen LogP contribution in [-0.4, -0.2) is 66.2 Å². The van der Waals surface area contributed by atoms with Crippen LogP contribution < -0.4 is 15.1 Å². The van der Waals surface area contributed by atoms with E-state index in [0.717, 1.165) is 30.5 Å². The molecular formula is C25H28F3N7. The number of halogens is 3. The zero-order valence-corrected chi connectivity index (χ0v) is 20.1. The van der Waals surface area contributed by atoms with E-state index < -0.39 is 11.7 Å². The molecule has 2 aromatic heterocycles. The molecule has 0 aliphatic carbocycles. The van der Waals surface area contributed by atoms with Gasteiger partial charge in [0.1, 0.15) is 11.4 Å². The Bertz CT molecular complexity index is 1220. The second-order valence-electron chi connectivity index (χ2n) is 9.51. The summed E-state index contributed by atoms with van der Waals surface area (Å²) in [6.45, 7) is 4.13. The third-order valence-electron chi connectivity index (χ3n) is 6.85. The van der Waals surface area contributed by atoms with Crippen molar-refractivity contribution in [2.75, 3.05) is 49.3 Å². The summed E-state index contributed by atoms with van der Waals surface area (Å²) >= 11 is 0. The van der Waals surface area contributed by atoms with E-state index in [9.17, 15) is 13.2 Å². The van der Waals surface area contributed by atoms with E-state index in [0.29, 0.717) is 17.9 Å². The monoisotopic (exact) mass is 483 g/mol. The van der Waals surface area contributed by atoms with E-state index >= 15 is 0 Å². The van der Waals surface area contributed by atoms with Gasteiger partial charge in [-0.05, 0) is 56.3 Å². The number of benzene rings is 1. The predicted octanol–water partition coefficient (Wildman–Crippen LogP) is 4.57. The summed E-state index contributed by atoms with van der Waals surface area (Å²) in [5.74, 6) is 0.738. The topological polar surface area (TPSA) is 60.4 Å². The van der Waals surface area contributed by atoms with Crippen molar-refractivity contribution in [3.8, 4) is 11.3 Å². The lowest BCUT2D eigenvalue weighted by atomic mass is 10.1. The van der Waals surface area contributed by atoms with Crippen LogP contribution in [-0.2, 0) is 6.18 Å². The number of nitrogens with one attached hydrogen (secondary N) is 1. The maximum atomic E-state index is 13.7. The zero-order valence-electron chi connectivity index (χ0n) is 20.1. The fraction of sp³-hybridized carbons (Fsp3) is 0.400. The van der Waals surface area contributed by atoms with Gasteiger partial charge in [-0.3, -0.25) is 4.90 Å². The van der Waals surface area contributed by atoms with Crippen LogP contribution in [0.2, 0.25) is 0 Å². The van der Waals surface area contributed by atoms with Crippen molar-refractivity contribution in [3.05, 3.63) is 53.9 Å². The van der Waals surface area contributed by atoms with Crippen molar-refractivity contribution in [3.63, 3.8) is 0 Å². The minimum absolute atomic E-state index is 0.0960. The molecule has 2 bridgehead atoms. The molecule has 3 aromatic rings. The molecule has 2 saturated heterocycles. The summed E-state index contributed by atoms with van der Waals surface area (Å²) in [6, 6.07) is 10.3. The molecular weight excluding hydrogens is 455 g/mol. The molecule has 2 aliphatic heterocycles. The van der Waals surface area contributed by atoms with Crippen LogP contribution in [0.3, 0.4) is 0 Å². The Kier molecular flexibility index (Phi) is 5.79. The summed E-state index contributed by atoms with van der Waals surface area (Å²) < 4.78 is 41.1. The third-order valence-corrected chi connectivity index (χ3v) is 6.85. The molecule has 0 unspecified atom stereocenters. The van der Waals surface area contributed by atoms with Gasteiger partial charge in [-0.2, -0.15) is 13.2 Å². The smallest absolute Gasteiger partial charge is 0.365 e. The standard InChI is InChI=1S/C25H28F3N7/c1-15-9-17(6-7-21(15)35-14-18-10-19(35)13-34(18)4)31-24-30-12-20(25(26,27)28)23(32-24)16-5-8-22(29-11-16)33(2)3/h5-9,11-12,18-19H,10,13-14H2,1-4H3,(H,30,31,32)/t18-,19-/m0/s1. The fourth-order valence-corrected chi connectivity index (χ4v) is 5.01. The van der Waals surface area contributed by atoms with E-state index in [1.54, 1.807) is 17.0 Å². The molecule has 35 heavy (non-hydrogen) atoms. The van der Waals surface area contributed by atoms with Crippen LogP contribution >= 0.6 is 0 Å². The Balaban J connectivity index is 1.41. The highest BCUT2D eigenvalue weighted by atomic mass is 19.4. The molecule has 1 N–H and O–H groups in total. The number of likely N-dealkylation sites (tertiary alicyclic amines) is 1. The average Bonchev–Trinajstić information content (AvgIpc) is 3.38. The van der Waals surface area contributed by atoms with Crippen LogP contribution in [0, 0.1) is 6.92 Å². The first kappa shape index (κ1) is 23.3. The molecule has 0 radical (unpaired) electrons. The number of pyridine rings is 1. The van der Waals surface area contributed by atoms with Crippen molar-refractivity contribution in [1.29, 1.82) is 0 Å². The summed E-state index contributed by atoms with van der Waals surface area (Å²) in [5.41, 5.74) is 2.17. The van der Waals surface area contributed by atoms with Gasteiger partial charge in [-0.15, -0.1) is 0 Å². The number of hydrogen-bond acceptors (Lipinski definition) is 7. The number of piperazine rings is 1. The summed E-state index contributed by atoms with van der Waals surface area (Å²) in [5, 5.41) is 3.08. The molecule has 184 valence electrons. The predicted molar refractivity (Wildman–Crippen MR) is 131 cm³/mol. The second kappa shape index (κ2) is 8.67. The van der Waals surface area contributed by atoms with E-state index in [4.69, 9.17) is 0 Å². The first-order valence-electron chi connectivity index (χ1n) is 11.5. The van der Waals surface area contributed by atoms with Crippen molar-refractivity contribution in [2.24, 2.45) is 0 Å². The lowest BCUT2D eigenvalue weighted by molar-refractivity contribution is -0.137. The van der Waals surface area contributed by atoms with Crippen LogP contribution in [0.25, 0.3) is 11.3 Å². The Hall–Kier alpha value is -3.40. The number of aromatic nitrogens is 3. The maximum Gasteiger partial charge on any atom is 0.419 e. The number of aryl methyl sites for hydroxylation is 1. The Morgan fingerprint density at radius 1 is 1.03 bits per heavy atom. The molecule has 2 atom stereocenters. The lowest BCUT2D eigenvalue weighted by Crippen LogP contribution is -2.44. The third kappa shape index (κ3) is 4.50. The molecule has 0 spiro atoms. The molecule has 1 aromatic carbocycles. The van der Waals surface area contributed by atoms with Gasteiger partial charge in [0.15, 0.2) is 0 Å². The molecule has 7 nitrogen and oxygen atoms in total. The number of alkyl halides is 3. The second-order valence-corrected chi connectivity index (χ2v) is 9.51. The minimum atomic E-state index is -4.59. The van der Waals surface area contributed by atoms with Gasteiger partial charge < -0.3 is 15.1 Å². The summed E-state index contributed by atoms with van der Waals surface area (Å²) in [6.07, 6.45) is -1.18. The number of fused-ring (bicyclic) bond motifs is 2. The number of nitrogens with zero attached hydrogens (tertiary/aromatic N) is 6. The van der Waals surface area contributed by atoms with E-state index in [2.05, 4.69) is 43.2 Å². The Morgan fingerprint density at radius 3 is 2.40 bits per heavy atom. The van der Waals surface area contributed by atoms with Gasteiger partial charge in [0.25, 0.3) is 0 Å². The largest absolute Gasteiger partial charge is 0.419 e. The van der Waals surface area contributed by atoms with Gasteiger partial charge in [0, 0.05) is 68.6 Å². The molecule has 5 rings (SSSR count). The Morgan fingerprint density at radius 2 is 1.83 bits per heavy atom. The number of likely N-dealkylation sites (N-methyl/N-ethyl adjacent to an activating group) is 1. The highest BCUT2D eigenvalue weighted by Crippen LogP contribution is 2.38. The van der Waals surface area contributed by atoms with Crippen molar-refractivity contribution in [2.45, 2.75) is 31.6 Å². The fourth-order valence-electron chi connectivity index (χ4n) is 5.01. The van der Waals surface area contributed by atoms with E-state index in [-0.39, 0.29) is 17.2 Å². The highest BCUT2D eigenvalue weighted by Gasteiger charge is 2.41. The number of rotatable bonds is 5. The first-order chi connectivity index (χ1) is 16.6. The lowest BCUT2D eigenvalue weighted by Gasteiger charge is -2.34. The molecule has 2 aliphatic rings. The van der Waals surface area contributed by atoms with Crippen molar-refractivity contribution >= 4 is 23.1 Å². The highest BCUT2D eigenvalue weighted by molar-refractivity contribution is 5.68. The van der Waals surface area contributed by atoms with Crippen LogP contribution in [0.15, 0.2) is 42.7 Å². The minimum Gasteiger partial charge on any atom is -0.365 e. The quantitative estimate of drug-likeness (QED) is 0.571. The summed E-state index contributed by atoms with van der Waals surface area (Å²) in [7, 11) is 5.80. The van der Waals surface area contributed by atoms with Gasteiger partial charge >= 0.3 is 6.18 Å². The Labute approximate surface area is 202 Å². The molecule has 0 amide bonds. The zero-order chi connectivity index (χ0) is 24.9. The van der Waals surface area contributed by atoms with Crippen molar-refractivity contribution < 1.29 is 13.2 Å². The van der Waals surface area contributed by atoms with E-state index in [1.165, 1.54) is 18.3 Å². The maximum absolute atomic E-state index is 13.7. The molecule has 2 fully saturated rings. The van der Waals surface area contributed by atoms with Gasteiger partial charge in [-0.1, -0.05) is 0 Å². The molecule has 0 saturated carbocycles. The van der Waals surface area contributed by atoms with Gasteiger partial charge in [0.2, 0.25) is 5.95 Å². The van der Waals surface area contributed by atoms with Gasteiger partial charge in [-0.25, -0.2) is 15.0 Å². The number of hydrogen-bond donors (Lipinski definition) is 1. The molecule has 10 heteroatoms. The molecule has 4 heterocycles. The normalized spacial score (nSPS) is 19.9. The van der Waals surface area contributed by atoms with Crippen LogP contribution in [0.4, 0.5) is 36.3 Å². The van der Waals surface area contributed by atoms with Crippen molar-refractivity contribution in [1.82, 2.24) is 19.9 Å². The SMILES string of the molecule is Cc1cc(Nc2ncc(C(F)(F)F)c(-c3ccc(N(C)C)nc3)n2)ccc1N1C[C@@H]2C[C@H]1CN2C. The summed E-state index contributed by atoms with van der Waals surface area (Å²) in [4.78, 5) is 19.1. The van der Waals surface area contributed by atoms with Gasteiger partial charge in [0.05, 0.1) is 5.69 Å². The van der Waals surface area contributed by atoms with Crippen LogP contribution in [0.1, 0.15) is 17.5 Å². The number of anilines is 4. The first-order valence-corrected chi connectivity index (χ1v) is 11.5. The average molecular weight is 484 g/mol. The van der Waals surface area contributed by atoms with Crippen LogP contribution in [0.5, 0.6) is 0 Å². The van der Waals surface area contributed by atoms with E-state index in [1.807, 2.05) is 33.2 Å².